The Balaban J connectivity index is 2.29. The molecular formula is C23H25ClF3NO5. The summed E-state index contributed by atoms with van der Waals surface area (Å²) in [7, 11) is 4.29. The number of ether oxygens (including phenoxy) is 3. The van der Waals surface area contributed by atoms with Crippen molar-refractivity contribution >= 4 is 17.6 Å². The summed E-state index contributed by atoms with van der Waals surface area (Å²) >= 11 is 6.41. The number of hydrogen-bond acceptors (Lipinski definition) is 5. The molecule has 180 valence electrons. The third-order valence-corrected chi connectivity index (χ3v) is 6.13. The van der Waals surface area contributed by atoms with Crippen molar-refractivity contribution in [2.75, 3.05) is 27.9 Å². The van der Waals surface area contributed by atoms with E-state index in [1.807, 2.05) is 0 Å². The maximum absolute atomic E-state index is 13.5. The standard InChI is InChI=1S/C23H25ClF3NO5/c1-31-18-10-13(11-19(32-2)21(18)33-3)20(28-9-5-4-6-17(28)22(29)30)15-12-14(23(25,26)27)7-8-16(15)24/h7-8,10-12,17,20H,4-6,9H2,1-3H3,(H,29,30). The normalized spacial score (nSPS) is 18.0. The van der Waals surface area contributed by atoms with Crippen LogP contribution >= 0.6 is 11.6 Å². The Hall–Kier alpha value is -2.65. The summed E-state index contributed by atoms with van der Waals surface area (Å²) in [5, 5.41) is 9.96. The molecule has 0 aliphatic carbocycles. The molecule has 2 aromatic carbocycles. The van der Waals surface area contributed by atoms with Gasteiger partial charge in [0.1, 0.15) is 6.04 Å². The fourth-order valence-electron chi connectivity index (χ4n) is 4.27. The Morgan fingerprint density at radius 1 is 1.09 bits per heavy atom. The Bertz CT molecular complexity index is 989. The third kappa shape index (κ3) is 5.14. The summed E-state index contributed by atoms with van der Waals surface area (Å²) < 4.78 is 56.8. The molecule has 6 nitrogen and oxygen atoms in total. The van der Waals surface area contributed by atoms with Crippen LogP contribution < -0.4 is 14.2 Å². The summed E-state index contributed by atoms with van der Waals surface area (Å²) in [4.78, 5) is 13.7. The first kappa shape index (κ1) is 25.0. The van der Waals surface area contributed by atoms with E-state index in [1.165, 1.54) is 27.4 Å². The van der Waals surface area contributed by atoms with E-state index in [0.29, 0.717) is 48.6 Å². The number of carboxylic acids is 1. The number of methoxy groups -OCH3 is 3. The monoisotopic (exact) mass is 487 g/mol. The van der Waals surface area contributed by atoms with Crippen molar-refractivity contribution in [3.63, 3.8) is 0 Å². The van der Waals surface area contributed by atoms with Crippen LogP contribution in [0.25, 0.3) is 0 Å². The van der Waals surface area contributed by atoms with Gasteiger partial charge in [-0.3, -0.25) is 9.69 Å². The minimum Gasteiger partial charge on any atom is -0.493 e. The molecule has 2 unspecified atom stereocenters. The fourth-order valence-corrected chi connectivity index (χ4v) is 4.49. The zero-order valence-electron chi connectivity index (χ0n) is 18.4. The van der Waals surface area contributed by atoms with Gasteiger partial charge < -0.3 is 19.3 Å². The highest BCUT2D eigenvalue weighted by Crippen LogP contribution is 2.45. The molecule has 2 atom stereocenters. The van der Waals surface area contributed by atoms with Crippen LogP contribution in [0.5, 0.6) is 17.2 Å². The number of likely N-dealkylation sites (tertiary alicyclic amines) is 1. The second-order valence-corrected chi connectivity index (χ2v) is 8.09. The van der Waals surface area contributed by atoms with Gasteiger partial charge in [0.15, 0.2) is 11.5 Å². The number of halogens is 4. The predicted molar refractivity (Wildman–Crippen MR) is 116 cm³/mol. The van der Waals surface area contributed by atoms with E-state index in [2.05, 4.69) is 0 Å². The predicted octanol–water partition coefficient (Wildman–Crippen LogP) is 5.41. The van der Waals surface area contributed by atoms with E-state index in [-0.39, 0.29) is 10.6 Å². The van der Waals surface area contributed by atoms with Gasteiger partial charge in [0.05, 0.1) is 32.9 Å². The van der Waals surface area contributed by atoms with Crippen LogP contribution in [0.3, 0.4) is 0 Å². The second-order valence-electron chi connectivity index (χ2n) is 7.68. The molecule has 0 radical (unpaired) electrons. The van der Waals surface area contributed by atoms with Crippen LogP contribution in [0.2, 0.25) is 5.02 Å². The minimum atomic E-state index is -4.59. The third-order valence-electron chi connectivity index (χ3n) is 5.78. The quantitative estimate of drug-likeness (QED) is 0.563. The largest absolute Gasteiger partial charge is 0.493 e. The molecule has 33 heavy (non-hydrogen) atoms. The van der Waals surface area contributed by atoms with E-state index in [0.717, 1.165) is 12.1 Å². The average Bonchev–Trinajstić information content (AvgIpc) is 2.79. The molecule has 10 heteroatoms. The van der Waals surface area contributed by atoms with Gasteiger partial charge in [0.25, 0.3) is 0 Å². The first-order chi connectivity index (χ1) is 15.6. The van der Waals surface area contributed by atoms with Gasteiger partial charge in [-0.15, -0.1) is 0 Å². The van der Waals surface area contributed by atoms with E-state index in [1.54, 1.807) is 17.0 Å². The molecule has 1 saturated heterocycles. The van der Waals surface area contributed by atoms with Gasteiger partial charge in [-0.2, -0.15) is 13.2 Å². The van der Waals surface area contributed by atoms with Crippen LogP contribution in [0, 0.1) is 0 Å². The molecule has 3 rings (SSSR count). The molecule has 1 aliphatic rings. The zero-order valence-corrected chi connectivity index (χ0v) is 19.2. The van der Waals surface area contributed by atoms with Crippen LogP contribution in [0.4, 0.5) is 13.2 Å². The smallest absolute Gasteiger partial charge is 0.416 e. The second kappa shape index (κ2) is 10.1. The maximum atomic E-state index is 13.5. The average molecular weight is 488 g/mol. The number of alkyl halides is 3. The van der Waals surface area contributed by atoms with E-state index >= 15 is 0 Å². The summed E-state index contributed by atoms with van der Waals surface area (Å²) in [5.41, 5.74) is -0.254. The Morgan fingerprint density at radius 3 is 2.24 bits per heavy atom. The number of carbonyl (C=O) groups is 1. The van der Waals surface area contributed by atoms with Gasteiger partial charge in [0.2, 0.25) is 5.75 Å². The first-order valence-electron chi connectivity index (χ1n) is 10.3. The molecule has 1 aliphatic heterocycles. The van der Waals surface area contributed by atoms with Crippen molar-refractivity contribution in [1.29, 1.82) is 0 Å². The number of rotatable bonds is 7. The van der Waals surface area contributed by atoms with Crippen molar-refractivity contribution in [2.45, 2.75) is 37.5 Å². The van der Waals surface area contributed by atoms with E-state index in [4.69, 9.17) is 25.8 Å². The molecule has 1 heterocycles. The molecule has 1 N–H and O–H groups in total. The molecule has 2 aromatic rings. The van der Waals surface area contributed by atoms with Crippen LogP contribution in [-0.4, -0.2) is 49.9 Å². The van der Waals surface area contributed by atoms with Gasteiger partial charge in [-0.1, -0.05) is 18.0 Å². The van der Waals surface area contributed by atoms with Crippen LogP contribution in [0.1, 0.15) is 42.0 Å². The Labute approximate surface area is 194 Å². The number of nitrogens with zero attached hydrogens (tertiary/aromatic N) is 1. The van der Waals surface area contributed by atoms with Gasteiger partial charge >= 0.3 is 12.1 Å². The molecular weight excluding hydrogens is 463 g/mol. The zero-order chi connectivity index (χ0) is 24.3. The van der Waals surface area contributed by atoms with Crippen molar-refractivity contribution in [2.24, 2.45) is 0 Å². The lowest BCUT2D eigenvalue weighted by Crippen LogP contribution is -2.47. The topological polar surface area (TPSA) is 68.2 Å². The fraction of sp³-hybridized carbons (Fsp3) is 0.435. The maximum Gasteiger partial charge on any atom is 0.416 e. The summed E-state index contributed by atoms with van der Waals surface area (Å²) in [6, 6.07) is 4.49. The summed E-state index contributed by atoms with van der Waals surface area (Å²) in [6.45, 7) is 0.366. The number of benzene rings is 2. The number of aliphatic carboxylic acids is 1. The van der Waals surface area contributed by atoms with E-state index < -0.39 is 29.8 Å². The number of carboxylic acid groups (broad SMARTS) is 1. The molecule has 0 aromatic heterocycles. The van der Waals surface area contributed by atoms with Crippen molar-refractivity contribution in [1.82, 2.24) is 4.90 Å². The highest BCUT2D eigenvalue weighted by molar-refractivity contribution is 6.31. The lowest BCUT2D eigenvalue weighted by Gasteiger charge is -2.40. The molecule has 0 amide bonds. The van der Waals surface area contributed by atoms with Crippen LogP contribution in [-0.2, 0) is 11.0 Å². The number of hydrogen-bond donors (Lipinski definition) is 1. The summed E-state index contributed by atoms with van der Waals surface area (Å²) in [6.07, 6.45) is -2.83. The molecule has 0 bridgehead atoms. The lowest BCUT2D eigenvalue weighted by atomic mass is 9.90. The first-order valence-corrected chi connectivity index (χ1v) is 10.6. The Kier molecular flexibility index (Phi) is 7.64. The van der Waals surface area contributed by atoms with Crippen molar-refractivity contribution in [3.8, 4) is 17.2 Å². The highest BCUT2D eigenvalue weighted by atomic mass is 35.5. The molecule has 0 spiro atoms. The summed E-state index contributed by atoms with van der Waals surface area (Å²) in [5.74, 6) is -0.144. The van der Waals surface area contributed by atoms with Crippen LogP contribution in [0.15, 0.2) is 30.3 Å². The highest BCUT2D eigenvalue weighted by Gasteiger charge is 2.38. The van der Waals surface area contributed by atoms with Crippen molar-refractivity contribution < 1.29 is 37.3 Å². The van der Waals surface area contributed by atoms with E-state index in [9.17, 15) is 23.1 Å². The molecule has 0 saturated carbocycles. The lowest BCUT2D eigenvalue weighted by molar-refractivity contribution is -0.145. The minimum absolute atomic E-state index is 0.0939. The van der Waals surface area contributed by atoms with Gasteiger partial charge in [0, 0.05) is 5.02 Å². The molecule has 1 fully saturated rings. The Morgan fingerprint density at radius 2 is 1.73 bits per heavy atom. The van der Waals surface area contributed by atoms with Gasteiger partial charge in [-0.05, 0) is 60.8 Å². The SMILES string of the molecule is COc1cc(C(c2cc(C(F)(F)F)ccc2Cl)N2CCCCC2C(=O)O)cc(OC)c1OC. The van der Waals surface area contributed by atoms with Gasteiger partial charge in [-0.25, -0.2) is 0 Å². The van der Waals surface area contributed by atoms with Crippen molar-refractivity contribution in [3.05, 3.63) is 52.0 Å². The number of piperidine rings is 1.